The molecule has 0 saturated carbocycles. The molecule has 5 atom stereocenters. The number of carbonyl (C=O) groups is 6. The maximum atomic E-state index is 13.1. The van der Waals surface area contributed by atoms with E-state index in [1.165, 1.54) is 24.3 Å². The highest BCUT2D eigenvalue weighted by Crippen LogP contribution is 2.37. The molecule has 43 heavy (non-hydrogen) atoms. The van der Waals surface area contributed by atoms with Gasteiger partial charge in [-0.05, 0) is 42.9 Å². The number of aliphatic carboxylic acids is 3. The molecule has 0 radical (unpaired) electrons. The van der Waals surface area contributed by atoms with Crippen molar-refractivity contribution in [1.29, 1.82) is 0 Å². The number of carboxylic acids is 3. The fraction of sp³-hybridized carbons (Fsp3) is 0.520. The Hall–Kier alpha value is -4.05. The first kappa shape index (κ1) is 37.0. The van der Waals surface area contributed by atoms with Crippen molar-refractivity contribution in [3.8, 4) is 5.75 Å². The van der Waals surface area contributed by atoms with E-state index in [0.29, 0.717) is 12.0 Å². The van der Waals surface area contributed by atoms with Crippen LogP contribution in [-0.2, 0) is 39.8 Å². The van der Waals surface area contributed by atoms with Crippen LogP contribution in [-0.4, -0.2) is 84.9 Å². The summed E-state index contributed by atoms with van der Waals surface area (Å²) in [6.45, 7) is 3.28. The summed E-state index contributed by atoms with van der Waals surface area (Å²) in [4.78, 5) is 90.5. The molecular weight excluding hydrogens is 595 g/mol. The lowest BCUT2D eigenvalue weighted by Gasteiger charge is -2.26. The van der Waals surface area contributed by atoms with Crippen LogP contribution >= 0.6 is 7.82 Å². The van der Waals surface area contributed by atoms with Crippen LogP contribution in [0, 0.1) is 5.92 Å². The topological polar surface area (TPSA) is 292 Å². The number of benzene rings is 1. The van der Waals surface area contributed by atoms with Crippen LogP contribution in [0.4, 0.5) is 0 Å². The van der Waals surface area contributed by atoms with E-state index in [4.69, 9.17) is 25.7 Å². The van der Waals surface area contributed by atoms with E-state index in [9.17, 15) is 38.4 Å². The van der Waals surface area contributed by atoms with Crippen LogP contribution in [0.15, 0.2) is 24.3 Å². The van der Waals surface area contributed by atoms with Gasteiger partial charge in [-0.1, -0.05) is 32.4 Å². The standard InChI is InChI=1S/C25H37N4O13P/c1-3-13(2)21(25(37)38)29-24(36)18(9-11-20(32)33)28-23(35)17(8-10-19(30)31)27-22(34)16(26)12-14-4-6-15(7-5-14)42-43(39,40)41/h4-7,13,16-18,21H,3,8-12,26H2,1-2H3,(H,27,34)(H,28,35)(H,29,36)(H,30,31)(H,32,33)(H,37,38)(H2,39,40,41)/t13?,16-,17-,18-,21-/m0/s1. The number of carboxylic acid groups (broad SMARTS) is 3. The van der Waals surface area contributed by atoms with Gasteiger partial charge in [0, 0.05) is 12.8 Å². The predicted octanol–water partition coefficient (Wildman–Crippen LogP) is -0.657. The minimum absolute atomic E-state index is 0.106. The van der Waals surface area contributed by atoms with Crippen molar-refractivity contribution in [3.63, 3.8) is 0 Å². The van der Waals surface area contributed by atoms with E-state index in [1.807, 2.05) is 0 Å². The van der Waals surface area contributed by atoms with Gasteiger partial charge >= 0.3 is 25.7 Å². The quantitative estimate of drug-likeness (QED) is 0.0856. The molecule has 1 rings (SSSR count). The van der Waals surface area contributed by atoms with Crippen LogP contribution in [0.25, 0.3) is 0 Å². The maximum absolute atomic E-state index is 13.1. The number of phosphoric acid groups is 1. The fourth-order valence-corrected chi connectivity index (χ4v) is 4.13. The van der Waals surface area contributed by atoms with E-state index in [-0.39, 0.29) is 12.2 Å². The summed E-state index contributed by atoms with van der Waals surface area (Å²) >= 11 is 0. The molecule has 3 amide bonds. The average molecular weight is 633 g/mol. The SMILES string of the molecule is CCC(C)[C@H](NC(=O)[C@H](CCC(=O)O)NC(=O)[C@H](CCC(=O)O)NC(=O)[C@@H](N)Cc1ccc(OP(=O)(O)O)cc1)C(=O)O. The first-order chi connectivity index (χ1) is 19.9. The van der Waals surface area contributed by atoms with Crippen LogP contribution in [0.2, 0.25) is 0 Å². The number of carbonyl (C=O) groups excluding carboxylic acids is 3. The van der Waals surface area contributed by atoms with Crippen LogP contribution in [0.1, 0.15) is 51.5 Å². The Kier molecular flexibility index (Phi) is 14.8. The van der Waals surface area contributed by atoms with Crippen molar-refractivity contribution in [2.45, 2.75) is 76.5 Å². The number of amides is 3. The second-order valence-corrected chi connectivity index (χ2v) is 10.9. The third-order valence-electron chi connectivity index (χ3n) is 6.28. The van der Waals surface area contributed by atoms with Gasteiger partial charge in [0.1, 0.15) is 23.9 Å². The monoisotopic (exact) mass is 632 g/mol. The molecule has 0 saturated heterocycles. The van der Waals surface area contributed by atoms with Crippen molar-refractivity contribution >= 4 is 43.5 Å². The summed E-state index contributed by atoms with van der Waals surface area (Å²) in [5.74, 6) is -7.46. The Morgan fingerprint density at radius 3 is 1.72 bits per heavy atom. The Bertz CT molecular complexity index is 1200. The van der Waals surface area contributed by atoms with Crippen molar-refractivity contribution in [1.82, 2.24) is 16.0 Å². The molecule has 1 unspecified atom stereocenters. The number of phosphoric ester groups is 1. The van der Waals surface area contributed by atoms with Crippen LogP contribution < -0.4 is 26.2 Å². The van der Waals surface area contributed by atoms with Crippen LogP contribution in [0.5, 0.6) is 5.75 Å². The molecule has 240 valence electrons. The molecule has 0 aliphatic rings. The molecule has 0 fully saturated rings. The summed E-state index contributed by atoms with van der Waals surface area (Å²) in [6, 6.07) is -0.391. The zero-order valence-electron chi connectivity index (χ0n) is 23.5. The summed E-state index contributed by atoms with van der Waals surface area (Å²) < 4.78 is 15.4. The Morgan fingerprint density at radius 2 is 1.30 bits per heavy atom. The molecule has 0 bridgehead atoms. The molecule has 0 spiro atoms. The highest BCUT2D eigenvalue weighted by molar-refractivity contribution is 7.46. The summed E-state index contributed by atoms with van der Waals surface area (Å²) in [6.07, 6.45) is -1.72. The molecule has 18 heteroatoms. The largest absolute Gasteiger partial charge is 0.524 e. The van der Waals surface area contributed by atoms with Crippen molar-refractivity contribution in [3.05, 3.63) is 29.8 Å². The highest BCUT2D eigenvalue weighted by Gasteiger charge is 2.32. The number of rotatable bonds is 19. The third kappa shape index (κ3) is 14.1. The minimum atomic E-state index is -4.78. The lowest BCUT2D eigenvalue weighted by Crippen LogP contribution is -2.58. The van der Waals surface area contributed by atoms with Crippen molar-refractivity contribution in [2.75, 3.05) is 0 Å². The van der Waals surface area contributed by atoms with E-state index in [0.717, 1.165) is 0 Å². The van der Waals surface area contributed by atoms with Crippen molar-refractivity contribution < 1.29 is 63.0 Å². The van der Waals surface area contributed by atoms with Gasteiger partial charge in [0.25, 0.3) is 0 Å². The summed E-state index contributed by atoms with van der Waals surface area (Å²) in [5.41, 5.74) is 6.40. The maximum Gasteiger partial charge on any atom is 0.524 e. The third-order valence-corrected chi connectivity index (χ3v) is 6.73. The van der Waals surface area contributed by atoms with E-state index in [2.05, 4.69) is 20.5 Å². The van der Waals surface area contributed by atoms with Gasteiger partial charge in [-0.15, -0.1) is 0 Å². The molecule has 0 heterocycles. The van der Waals surface area contributed by atoms with Gasteiger partial charge in [0.05, 0.1) is 6.04 Å². The van der Waals surface area contributed by atoms with Gasteiger partial charge in [0.2, 0.25) is 17.7 Å². The number of nitrogens with two attached hydrogens (primary N) is 1. The van der Waals surface area contributed by atoms with Gasteiger partial charge in [-0.3, -0.25) is 33.8 Å². The number of hydrogen-bond acceptors (Lipinski definition) is 9. The summed E-state index contributed by atoms with van der Waals surface area (Å²) in [7, 11) is -4.78. The average Bonchev–Trinajstić information content (AvgIpc) is 2.90. The lowest BCUT2D eigenvalue weighted by atomic mass is 9.98. The Balaban J connectivity index is 3.06. The molecule has 10 N–H and O–H groups in total. The zero-order valence-corrected chi connectivity index (χ0v) is 24.4. The van der Waals surface area contributed by atoms with Crippen LogP contribution in [0.3, 0.4) is 0 Å². The Labute approximate surface area is 246 Å². The van der Waals surface area contributed by atoms with E-state index >= 15 is 0 Å². The normalized spacial score (nSPS) is 14.7. The molecule has 1 aromatic rings. The second kappa shape index (κ2) is 17.2. The van der Waals surface area contributed by atoms with Gasteiger partial charge in [-0.2, -0.15) is 0 Å². The fourth-order valence-electron chi connectivity index (χ4n) is 3.73. The Morgan fingerprint density at radius 1 is 0.837 bits per heavy atom. The first-order valence-corrected chi connectivity index (χ1v) is 14.6. The number of hydrogen-bond donors (Lipinski definition) is 9. The van der Waals surface area contributed by atoms with Gasteiger partial charge in [0.15, 0.2) is 0 Å². The van der Waals surface area contributed by atoms with Gasteiger partial charge < -0.3 is 41.5 Å². The highest BCUT2D eigenvalue weighted by atomic mass is 31.2. The first-order valence-electron chi connectivity index (χ1n) is 13.1. The molecule has 0 aliphatic carbocycles. The molecule has 0 aromatic heterocycles. The van der Waals surface area contributed by atoms with Gasteiger partial charge in [-0.25, -0.2) is 9.36 Å². The summed E-state index contributed by atoms with van der Waals surface area (Å²) in [5, 5.41) is 34.6. The number of nitrogens with one attached hydrogen (secondary N) is 3. The molecule has 0 aliphatic heterocycles. The molecule has 1 aromatic carbocycles. The van der Waals surface area contributed by atoms with Crippen molar-refractivity contribution in [2.24, 2.45) is 11.7 Å². The second-order valence-electron chi connectivity index (χ2n) is 9.73. The zero-order chi connectivity index (χ0) is 32.9. The van der Waals surface area contributed by atoms with E-state index in [1.54, 1.807) is 13.8 Å². The lowest BCUT2D eigenvalue weighted by molar-refractivity contribution is -0.144. The smallest absolute Gasteiger partial charge is 0.481 e. The molecular formula is C25H37N4O13P. The molecule has 17 nitrogen and oxygen atoms in total. The predicted molar refractivity (Wildman–Crippen MR) is 147 cm³/mol. The van der Waals surface area contributed by atoms with E-state index < -0.39 is 99.2 Å². The minimum Gasteiger partial charge on any atom is -0.481 e.